The van der Waals surface area contributed by atoms with E-state index in [-0.39, 0.29) is 12.4 Å². The van der Waals surface area contributed by atoms with Crippen molar-refractivity contribution in [3.8, 4) is 0 Å². The number of carbonyl (C=O) groups is 1. The zero-order chi connectivity index (χ0) is 6.20. The number of carboxylic acid groups (broad SMARTS) is 1. The fraction of sp³-hybridized carbons (Fsp3) is 0.800. The molecule has 4 heteroatoms. The molecule has 0 heterocycles. The summed E-state index contributed by atoms with van der Waals surface area (Å²) in [5.41, 5.74) is 0. The van der Waals surface area contributed by atoms with Crippen molar-refractivity contribution in [2.24, 2.45) is 0 Å². The van der Waals surface area contributed by atoms with E-state index in [9.17, 15) is 4.79 Å². The minimum Gasteiger partial charge on any atom is -0.480 e. The molecule has 9 heavy (non-hydrogen) atoms. The summed E-state index contributed by atoms with van der Waals surface area (Å²) in [6, 6.07) is 0. The Hall–Kier alpha value is 0.0500. The first-order chi connectivity index (χ1) is 3.65. The van der Waals surface area contributed by atoms with E-state index >= 15 is 0 Å². The topological polar surface area (TPSA) is 37.3 Å². The minimum absolute atomic E-state index is 0. The van der Waals surface area contributed by atoms with Crippen molar-refractivity contribution in [3.63, 3.8) is 0 Å². The number of hydrogen-bond donors (Lipinski definition) is 1. The summed E-state index contributed by atoms with van der Waals surface area (Å²) in [5.74, 6) is -0.870. The Balaban J connectivity index is 0.000000640. The number of halogens is 2. The molecule has 0 aromatic heterocycles. The lowest BCUT2D eigenvalue weighted by atomic mass is 9.85. The molecule has 1 rings (SSSR count). The fourth-order valence-electron chi connectivity index (χ4n) is 0.701. The van der Waals surface area contributed by atoms with Crippen LogP contribution in [0.2, 0.25) is 0 Å². The van der Waals surface area contributed by atoms with E-state index in [1.807, 2.05) is 0 Å². The van der Waals surface area contributed by atoms with Crippen molar-refractivity contribution >= 4 is 30.0 Å². The van der Waals surface area contributed by atoms with Crippen LogP contribution < -0.4 is 0 Å². The molecular weight excluding hydrogens is 163 g/mol. The molecule has 54 valence electrons. The van der Waals surface area contributed by atoms with Crippen LogP contribution in [0, 0.1) is 0 Å². The predicted octanol–water partition coefficient (Wildman–Crippen LogP) is 1.65. The lowest BCUT2D eigenvalue weighted by molar-refractivity contribution is -0.142. The van der Waals surface area contributed by atoms with E-state index in [0.29, 0.717) is 12.8 Å². The highest BCUT2D eigenvalue weighted by Crippen LogP contribution is 2.38. The van der Waals surface area contributed by atoms with E-state index in [0.717, 1.165) is 6.42 Å². The third-order valence-electron chi connectivity index (χ3n) is 1.53. The van der Waals surface area contributed by atoms with Gasteiger partial charge in [0.25, 0.3) is 0 Å². The van der Waals surface area contributed by atoms with Gasteiger partial charge in [0.1, 0.15) is 4.87 Å². The highest BCUT2D eigenvalue weighted by Gasteiger charge is 2.42. The standard InChI is InChI=1S/C5H7ClO2.ClH/c6-5(4(7)8)2-1-3-5;/h1-3H2,(H,7,8);1H. The zero-order valence-electron chi connectivity index (χ0n) is 4.76. The lowest BCUT2D eigenvalue weighted by Gasteiger charge is -2.30. The Bertz CT molecular complexity index is 120. The maximum Gasteiger partial charge on any atom is 0.324 e. The Labute approximate surface area is 64.6 Å². The van der Waals surface area contributed by atoms with Gasteiger partial charge in [-0.1, -0.05) is 0 Å². The summed E-state index contributed by atoms with van der Waals surface area (Å²) in [5, 5.41) is 8.36. The number of hydrogen-bond acceptors (Lipinski definition) is 1. The summed E-state index contributed by atoms with van der Waals surface area (Å²) in [6.07, 6.45) is 2.21. The molecule has 2 nitrogen and oxygen atoms in total. The molecule has 1 fully saturated rings. The molecular formula is C5H8Cl2O2. The first-order valence-corrected chi connectivity index (χ1v) is 2.95. The molecule has 0 amide bonds. The fourth-order valence-corrected chi connectivity index (χ4v) is 0.968. The van der Waals surface area contributed by atoms with Crippen LogP contribution in [0.15, 0.2) is 0 Å². The van der Waals surface area contributed by atoms with Crippen molar-refractivity contribution in [2.45, 2.75) is 24.1 Å². The van der Waals surface area contributed by atoms with Crippen LogP contribution in [0.5, 0.6) is 0 Å². The van der Waals surface area contributed by atoms with Crippen LogP contribution in [-0.4, -0.2) is 16.0 Å². The summed E-state index contributed by atoms with van der Waals surface area (Å²) in [4.78, 5) is 9.28. The molecule has 0 saturated heterocycles. The van der Waals surface area contributed by atoms with Gasteiger partial charge in [-0.25, -0.2) is 0 Å². The molecule has 0 spiro atoms. The minimum atomic E-state index is -0.889. The van der Waals surface area contributed by atoms with Gasteiger partial charge >= 0.3 is 5.97 Å². The van der Waals surface area contributed by atoms with Crippen LogP contribution in [0.4, 0.5) is 0 Å². The second-order valence-electron chi connectivity index (χ2n) is 2.12. The highest BCUT2D eigenvalue weighted by atomic mass is 35.5. The lowest BCUT2D eigenvalue weighted by Crippen LogP contribution is -2.39. The van der Waals surface area contributed by atoms with Gasteiger partial charge in [0.15, 0.2) is 0 Å². The first kappa shape index (κ1) is 9.05. The second-order valence-corrected chi connectivity index (χ2v) is 2.85. The summed E-state index contributed by atoms with van der Waals surface area (Å²) < 4.78 is 0. The van der Waals surface area contributed by atoms with E-state index in [4.69, 9.17) is 16.7 Å². The average molecular weight is 171 g/mol. The van der Waals surface area contributed by atoms with E-state index in [1.165, 1.54) is 0 Å². The largest absolute Gasteiger partial charge is 0.480 e. The summed E-state index contributed by atoms with van der Waals surface area (Å²) in [7, 11) is 0. The van der Waals surface area contributed by atoms with Gasteiger partial charge in [-0.05, 0) is 19.3 Å². The summed E-state index contributed by atoms with van der Waals surface area (Å²) >= 11 is 5.54. The van der Waals surface area contributed by atoms with E-state index in [1.54, 1.807) is 0 Å². The molecule has 1 saturated carbocycles. The van der Waals surface area contributed by atoms with Crippen molar-refractivity contribution in [3.05, 3.63) is 0 Å². The van der Waals surface area contributed by atoms with Gasteiger partial charge in [-0.3, -0.25) is 4.79 Å². The van der Waals surface area contributed by atoms with E-state index < -0.39 is 10.8 Å². The molecule has 0 aliphatic heterocycles. The zero-order valence-corrected chi connectivity index (χ0v) is 6.34. The average Bonchev–Trinajstić information content (AvgIpc) is 1.60. The van der Waals surface area contributed by atoms with Gasteiger partial charge in [0.05, 0.1) is 0 Å². The molecule has 1 aliphatic rings. The maximum atomic E-state index is 10.2. The van der Waals surface area contributed by atoms with Crippen LogP contribution in [0.1, 0.15) is 19.3 Å². The quantitative estimate of drug-likeness (QED) is 0.609. The number of aliphatic carboxylic acids is 1. The van der Waals surface area contributed by atoms with E-state index in [2.05, 4.69) is 0 Å². The van der Waals surface area contributed by atoms with Crippen molar-refractivity contribution in [2.75, 3.05) is 0 Å². The third-order valence-corrected chi connectivity index (χ3v) is 2.07. The molecule has 0 unspecified atom stereocenters. The smallest absolute Gasteiger partial charge is 0.324 e. The van der Waals surface area contributed by atoms with Gasteiger partial charge in [-0.2, -0.15) is 0 Å². The SMILES string of the molecule is Cl.O=C(O)C1(Cl)CCC1. The van der Waals surface area contributed by atoms with Crippen molar-refractivity contribution in [1.82, 2.24) is 0 Å². The predicted molar refractivity (Wildman–Crippen MR) is 37.3 cm³/mol. The monoisotopic (exact) mass is 170 g/mol. The van der Waals surface area contributed by atoms with Gasteiger partial charge in [-0.15, -0.1) is 24.0 Å². The Morgan fingerprint density at radius 1 is 1.56 bits per heavy atom. The van der Waals surface area contributed by atoms with Crippen LogP contribution >= 0.6 is 24.0 Å². The molecule has 0 aromatic carbocycles. The Morgan fingerprint density at radius 2 is 2.00 bits per heavy atom. The molecule has 0 radical (unpaired) electrons. The van der Waals surface area contributed by atoms with Gasteiger partial charge in [0, 0.05) is 0 Å². The first-order valence-electron chi connectivity index (χ1n) is 2.57. The van der Waals surface area contributed by atoms with Crippen LogP contribution in [0.25, 0.3) is 0 Å². The molecule has 1 N–H and O–H groups in total. The number of carboxylic acids is 1. The van der Waals surface area contributed by atoms with Crippen LogP contribution in [-0.2, 0) is 4.79 Å². The normalized spacial score (nSPS) is 21.4. The molecule has 0 atom stereocenters. The number of alkyl halides is 1. The van der Waals surface area contributed by atoms with Gasteiger partial charge in [0.2, 0.25) is 0 Å². The van der Waals surface area contributed by atoms with Gasteiger partial charge < -0.3 is 5.11 Å². The Kier molecular flexibility index (Phi) is 2.77. The van der Waals surface area contributed by atoms with Crippen molar-refractivity contribution in [1.29, 1.82) is 0 Å². The van der Waals surface area contributed by atoms with Crippen LogP contribution in [0.3, 0.4) is 0 Å². The highest BCUT2D eigenvalue weighted by molar-refractivity contribution is 6.34. The molecule has 1 aliphatic carbocycles. The molecule has 0 aromatic rings. The number of rotatable bonds is 1. The van der Waals surface area contributed by atoms with Crippen molar-refractivity contribution < 1.29 is 9.90 Å². The third kappa shape index (κ3) is 1.49. The second kappa shape index (κ2) is 2.76. The molecule has 0 bridgehead atoms. The maximum absolute atomic E-state index is 10.2. The Morgan fingerprint density at radius 3 is 2.00 bits per heavy atom. The summed E-state index contributed by atoms with van der Waals surface area (Å²) in [6.45, 7) is 0.